The number of nitrogens with zero attached hydrogens (tertiary/aromatic N) is 1. The Kier molecular flexibility index (Phi) is 5.03. The van der Waals surface area contributed by atoms with Gasteiger partial charge in [-0.25, -0.2) is 4.39 Å². The summed E-state index contributed by atoms with van der Waals surface area (Å²) >= 11 is 5.68. The van der Waals surface area contributed by atoms with Crippen LogP contribution in [0, 0.1) is 5.82 Å². The first-order valence-electron chi connectivity index (χ1n) is 5.12. The van der Waals surface area contributed by atoms with Gasteiger partial charge in [-0.3, -0.25) is 14.6 Å². The lowest BCUT2D eigenvalue weighted by Gasteiger charge is -2.10. The lowest BCUT2D eigenvalue weighted by Crippen LogP contribution is -2.11. The molecule has 0 aromatic carbocycles. The van der Waals surface area contributed by atoms with Crippen LogP contribution in [-0.2, 0) is 20.9 Å². The third kappa shape index (κ3) is 3.66. The molecule has 1 rings (SSSR count). The molecule has 7 heteroatoms. The van der Waals surface area contributed by atoms with Gasteiger partial charge in [0.15, 0.2) is 11.6 Å². The second kappa shape index (κ2) is 6.30. The zero-order valence-electron chi connectivity index (χ0n) is 9.83. The molecule has 1 aromatic heterocycles. The summed E-state index contributed by atoms with van der Waals surface area (Å²) in [6.07, 6.45) is 0.963. The Morgan fingerprint density at radius 1 is 1.50 bits per heavy atom. The van der Waals surface area contributed by atoms with Gasteiger partial charge in [0.2, 0.25) is 0 Å². The van der Waals surface area contributed by atoms with Crippen molar-refractivity contribution in [2.75, 3.05) is 0 Å². The highest BCUT2D eigenvalue weighted by Crippen LogP contribution is 2.30. The van der Waals surface area contributed by atoms with Crippen LogP contribution in [-0.4, -0.2) is 16.9 Å². The Balaban J connectivity index is 3.04. The quantitative estimate of drug-likeness (QED) is 0.789. The lowest BCUT2D eigenvalue weighted by molar-refractivity contribution is -0.142. The number of ether oxygens (including phenoxy) is 2. The number of esters is 2. The van der Waals surface area contributed by atoms with Gasteiger partial charge in [0.25, 0.3) is 0 Å². The maximum atomic E-state index is 13.2. The SMILES string of the molecule is CCC(=O)Oc1c(COC(C)=O)ncc(F)c1Cl. The fourth-order valence-electron chi connectivity index (χ4n) is 1.05. The van der Waals surface area contributed by atoms with Gasteiger partial charge in [0.1, 0.15) is 17.3 Å². The average molecular weight is 276 g/mol. The van der Waals surface area contributed by atoms with Crippen LogP contribution in [0.5, 0.6) is 5.75 Å². The van der Waals surface area contributed by atoms with Crippen molar-refractivity contribution in [1.29, 1.82) is 0 Å². The number of halogens is 2. The number of hydrogen-bond donors (Lipinski definition) is 0. The third-order valence-corrected chi connectivity index (χ3v) is 2.27. The van der Waals surface area contributed by atoms with Gasteiger partial charge in [0, 0.05) is 13.3 Å². The van der Waals surface area contributed by atoms with E-state index in [2.05, 4.69) is 4.98 Å². The molecule has 0 aliphatic carbocycles. The van der Waals surface area contributed by atoms with Crippen LogP contribution in [0.15, 0.2) is 6.20 Å². The highest BCUT2D eigenvalue weighted by Gasteiger charge is 2.18. The Morgan fingerprint density at radius 3 is 2.72 bits per heavy atom. The second-order valence-corrected chi connectivity index (χ2v) is 3.68. The predicted molar refractivity (Wildman–Crippen MR) is 60.6 cm³/mol. The van der Waals surface area contributed by atoms with Crippen molar-refractivity contribution >= 4 is 23.5 Å². The third-order valence-electron chi connectivity index (χ3n) is 1.92. The molecule has 1 aromatic rings. The Hall–Kier alpha value is -1.69. The first-order valence-corrected chi connectivity index (χ1v) is 5.50. The molecule has 0 spiro atoms. The molecule has 1 heterocycles. The summed E-state index contributed by atoms with van der Waals surface area (Å²) in [4.78, 5) is 25.6. The van der Waals surface area contributed by atoms with Crippen molar-refractivity contribution < 1.29 is 23.5 Å². The van der Waals surface area contributed by atoms with Crippen LogP contribution in [0.1, 0.15) is 26.0 Å². The number of hydrogen-bond acceptors (Lipinski definition) is 5. The zero-order chi connectivity index (χ0) is 13.7. The van der Waals surface area contributed by atoms with E-state index in [-0.39, 0.29) is 29.5 Å². The van der Waals surface area contributed by atoms with E-state index in [4.69, 9.17) is 21.1 Å². The smallest absolute Gasteiger partial charge is 0.311 e. The van der Waals surface area contributed by atoms with Crippen molar-refractivity contribution in [2.45, 2.75) is 26.9 Å². The van der Waals surface area contributed by atoms with Gasteiger partial charge in [-0.15, -0.1) is 0 Å². The zero-order valence-corrected chi connectivity index (χ0v) is 10.6. The van der Waals surface area contributed by atoms with E-state index in [1.165, 1.54) is 6.92 Å². The molecule has 0 saturated carbocycles. The van der Waals surface area contributed by atoms with Gasteiger partial charge < -0.3 is 9.47 Å². The Bertz CT molecular complexity index is 478. The summed E-state index contributed by atoms with van der Waals surface area (Å²) in [7, 11) is 0. The molecule has 0 bridgehead atoms. The summed E-state index contributed by atoms with van der Waals surface area (Å²) in [6.45, 7) is 2.54. The van der Waals surface area contributed by atoms with E-state index in [1.54, 1.807) is 6.92 Å². The van der Waals surface area contributed by atoms with E-state index in [0.29, 0.717) is 0 Å². The monoisotopic (exact) mass is 275 g/mol. The summed E-state index contributed by atoms with van der Waals surface area (Å²) in [6, 6.07) is 0. The fraction of sp³-hybridized carbons (Fsp3) is 0.364. The molecule has 5 nitrogen and oxygen atoms in total. The highest BCUT2D eigenvalue weighted by molar-refractivity contribution is 6.32. The molecule has 0 unspecified atom stereocenters. The van der Waals surface area contributed by atoms with Crippen LogP contribution in [0.2, 0.25) is 5.02 Å². The maximum absolute atomic E-state index is 13.2. The molecule has 0 aliphatic heterocycles. The number of pyridine rings is 1. The number of rotatable bonds is 4. The van der Waals surface area contributed by atoms with Crippen molar-refractivity contribution in [3.63, 3.8) is 0 Å². The molecule has 0 fully saturated rings. The topological polar surface area (TPSA) is 65.5 Å². The van der Waals surface area contributed by atoms with Gasteiger partial charge in [0.05, 0.1) is 6.20 Å². The summed E-state index contributed by atoms with van der Waals surface area (Å²) in [5.41, 5.74) is 0.0819. The number of aromatic nitrogens is 1. The number of carbonyl (C=O) groups excluding carboxylic acids is 2. The minimum Gasteiger partial charge on any atom is -0.459 e. The normalized spacial score (nSPS) is 10.0. The number of carbonyl (C=O) groups is 2. The predicted octanol–water partition coefficient (Wildman–Crippen LogP) is 2.25. The minimum atomic E-state index is -0.817. The molecule has 0 radical (unpaired) electrons. The molecule has 0 atom stereocenters. The Labute approximate surface area is 108 Å². The molecule has 98 valence electrons. The van der Waals surface area contributed by atoms with Gasteiger partial charge >= 0.3 is 11.9 Å². The van der Waals surface area contributed by atoms with Crippen LogP contribution in [0.3, 0.4) is 0 Å². The van der Waals surface area contributed by atoms with E-state index >= 15 is 0 Å². The van der Waals surface area contributed by atoms with E-state index < -0.39 is 17.8 Å². The molecule has 0 aliphatic rings. The first kappa shape index (κ1) is 14.4. The van der Waals surface area contributed by atoms with Crippen molar-refractivity contribution in [1.82, 2.24) is 4.98 Å². The standard InChI is InChI=1S/C11H11ClFNO4/c1-3-9(16)18-11-8(5-17-6(2)15)14-4-7(13)10(11)12/h4H,3,5H2,1-2H3. The van der Waals surface area contributed by atoms with Gasteiger partial charge in [-0.05, 0) is 0 Å². The molecule has 18 heavy (non-hydrogen) atoms. The van der Waals surface area contributed by atoms with Crippen molar-refractivity contribution in [2.24, 2.45) is 0 Å². The summed E-state index contributed by atoms with van der Waals surface area (Å²) in [5.74, 6) is -2.16. The van der Waals surface area contributed by atoms with Gasteiger partial charge in [-0.2, -0.15) is 0 Å². The molecule has 0 saturated heterocycles. The maximum Gasteiger partial charge on any atom is 0.311 e. The van der Waals surface area contributed by atoms with Crippen LogP contribution in [0.25, 0.3) is 0 Å². The Morgan fingerprint density at radius 2 is 2.17 bits per heavy atom. The van der Waals surface area contributed by atoms with Crippen LogP contribution < -0.4 is 4.74 Å². The van der Waals surface area contributed by atoms with Gasteiger partial charge in [-0.1, -0.05) is 18.5 Å². The minimum absolute atomic E-state index is 0.0819. The van der Waals surface area contributed by atoms with Crippen molar-refractivity contribution in [3.05, 3.63) is 22.7 Å². The molecule has 0 N–H and O–H groups in total. The fourth-order valence-corrected chi connectivity index (χ4v) is 1.24. The summed E-state index contributed by atoms with van der Waals surface area (Å²) < 4.78 is 22.8. The first-order chi connectivity index (χ1) is 8.45. The molecule has 0 amide bonds. The van der Waals surface area contributed by atoms with E-state index in [0.717, 1.165) is 6.20 Å². The second-order valence-electron chi connectivity index (χ2n) is 3.30. The molecular formula is C11H11ClFNO4. The average Bonchev–Trinajstić information content (AvgIpc) is 2.33. The largest absolute Gasteiger partial charge is 0.459 e. The highest BCUT2D eigenvalue weighted by atomic mass is 35.5. The summed E-state index contributed by atoms with van der Waals surface area (Å²) in [5, 5.41) is -0.367. The van der Waals surface area contributed by atoms with Crippen LogP contribution in [0.4, 0.5) is 4.39 Å². The van der Waals surface area contributed by atoms with Crippen LogP contribution >= 0.6 is 11.6 Å². The molecular weight excluding hydrogens is 265 g/mol. The van der Waals surface area contributed by atoms with E-state index in [9.17, 15) is 14.0 Å². The van der Waals surface area contributed by atoms with E-state index in [1.807, 2.05) is 0 Å². The van der Waals surface area contributed by atoms with Crippen molar-refractivity contribution in [3.8, 4) is 5.75 Å². The lowest BCUT2D eigenvalue weighted by atomic mass is 10.3.